The summed E-state index contributed by atoms with van der Waals surface area (Å²) in [4.78, 5) is 21.1. The van der Waals surface area contributed by atoms with Crippen LogP contribution in [0.2, 0.25) is 0 Å². The van der Waals surface area contributed by atoms with Crippen molar-refractivity contribution in [2.24, 2.45) is 5.73 Å². The molecule has 0 unspecified atom stereocenters. The van der Waals surface area contributed by atoms with Gasteiger partial charge in [0.25, 0.3) is 0 Å². The molecule has 0 aromatic carbocycles. The van der Waals surface area contributed by atoms with Crippen molar-refractivity contribution in [3.63, 3.8) is 0 Å². The third-order valence-corrected chi connectivity index (χ3v) is 1.31. The van der Waals surface area contributed by atoms with Crippen LogP contribution in [-0.4, -0.2) is 29.1 Å². The number of rotatable bonds is 5. The summed E-state index contributed by atoms with van der Waals surface area (Å²) in [7, 11) is 0. The number of carbonyl (C=O) groups excluding carboxylic acids is 1. The van der Waals surface area contributed by atoms with Crippen molar-refractivity contribution in [2.45, 2.75) is 32.2 Å². The Kier molecular flexibility index (Phi) is 4.40. The number of nitrogens with one attached hydrogen (secondary N) is 1. The summed E-state index contributed by atoms with van der Waals surface area (Å²) in [6.45, 7) is 3.92. The summed E-state index contributed by atoms with van der Waals surface area (Å²) >= 11 is 0. The van der Waals surface area contributed by atoms with E-state index < -0.39 is 11.5 Å². The van der Waals surface area contributed by atoms with Gasteiger partial charge in [-0.05, 0) is 13.8 Å². The Morgan fingerprint density at radius 3 is 2.31 bits per heavy atom. The van der Waals surface area contributed by atoms with Gasteiger partial charge in [0.1, 0.15) is 0 Å². The van der Waals surface area contributed by atoms with Crippen LogP contribution in [0, 0.1) is 0 Å². The predicted molar refractivity (Wildman–Crippen MR) is 48.1 cm³/mol. The van der Waals surface area contributed by atoms with E-state index in [1.54, 1.807) is 13.8 Å². The van der Waals surface area contributed by atoms with E-state index in [9.17, 15) is 9.59 Å². The van der Waals surface area contributed by atoms with Crippen LogP contribution in [0.3, 0.4) is 0 Å². The smallest absolute Gasteiger partial charge is 0.303 e. The molecule has 5 nitrogen and oxygen atoms in total. The van der Waals surface area contributed by atoms with Crippen molar-refractivity contribution in [1.29, 1.82) is 0 Å². The Hall–Kier alpha value is -1.10. The molecule has 0 rings (SSSR count). The fourth-order valence-electron chi connectivity index (χ4n) is 0.635. The first-order chi connectivity index (χ1) is 5.81. The van der Waals surface area contributed by atoms with Gasteiger partial charge in [0.2, 0.25) is 5.91 Å². The molecule has 0 aliphatic rings. The van der Waals surface area contributed by atoms with Gasteiger partial charge in [0, 0.05) is 18.5 Å². The molecule has 0 aliphatic heterocycles. The van der Waals surface area contributed by atoms with Crippen LogP contribution in [-0.2, 0) is 9.59 Å². The quantitative estimate of drug-likeness (QED) is 0.552. The molecule has 0 aromatic heterocycles. The predicted octanol–water partition coefficient (Wildman–Crippen LogP) is -0.295. The molecule has 0 fully saturated rings. The van der Waals surface area contributed by atoms with Gasteiger partial charge < -0.3 is 16.2 Å². The van der Waals surface area contributed by atoms with Gasteiger partial charge >= 0.3 is 5.97 Å². The molecule has 0 spiro atoms. The zero-order valence-corrected chi connectivity index (χ0v) is 7.96. The van der Waals surface area contributed by atoms with Crippen molar-refractivity contribution in [3.8, 4) is 0 Å². The van der Waals surface area contributed by atoms with Gasteiger partial charge in [-0.15, -0.1) is 0 Å². The highest BCUT2D eigenvalue weighted by molar-refractivity contribution is 5.80. The summed E-state index contributed by atoms with van der Waals surface area (Å²) in [5.74, 6) is -1.25. The Morgan fingerprint density at radius 1 is 1.38 bits per heavy atom. The minimum absolute atomic E-state index is 0.00537. The third kappa shape index (κ3) is 8.81. The molecule has 1 amide bonds. The molecule has 13 heavy (non-hydrogen) atoms. The lowest BCUT2D eigenvalue weighted by Crippen LogP contribution is -2.45. The first kappa shape index (κ1) is 11.9. The third-order valence-electron chi connectivity index (χ3n) is 1.31. The molecular formula is C8H16N2O3. The van der Waals surface area contributed by atoms with Crippen LogP contribution in [0.1, 0.15) is 26.7 Å². The van der Waals surface area contributed by atoms with Crippen molar-refractivity contribution >= 4 is 11.9 Å². The van der Waals surface area contributed by atoms with Gasteiger partial charge in [-0.3, -0.25) is 9.59 Å². The molecule has 0 aliphatic carbocycles. The number of hydrogen-bond donors (Lipinski definition) is 3. The average molecular weight is 188 g/mol. The van der Waals surface area contributed by atoms with Crippen LogP contribution in [0.15, 0.2) is 0 Å². The van der Waals surface area contributed by atoms with E-state index in [0.29, 0.717) is 6.54 Å². The van der Waals surface area contributed by atoms with Gasteiger partial charge in [-0.1, -0.05) is 0 Å². The maximum Gasteiger partial charge on any atom is 0.303 e. The maximum atomic E-state index is 11.0. The summed E-state index contributed by atoms with van der Waals surface area (Å²) in [6.07, 6.45) is -0.137. The summed E-state index contributed by atoms with van der Waals surface area (Å²) in [5, 5.41) is 10.8. The van der Waals surface area contributed by atoms with Crippen molar-refractivity contribution in [3.05, 3.63) is 0 Å². The molecule has 0 radical (unpaired) electrons. The van der Waals surface area contributed by atoms with E-state index in [-0.39, 0.29) is 18.7 Å². The number of nitrogens with two attached hydrogens (primary N) is 1. The average Bonchev–Trinajstić information content (AvgIpc) is 1.95. The molecule has 0 aromatic rings. The second-order valence-corrected chi connectivity index (χ2v) is 3.66. The second kappa shape index (κ2) is 4.81. The first-order valence-electron chi connectivity index (χ1n) is 4.08. The number of amides is 1. The largest absolute Gasteiger partial charge is 0.481 e. The number of hydrogen-bond acceptors (Lipinski definition) is 3. The van der Waals surface area contributed by atoms with E-state index in [0.717, 1.165) is 0 Å². The zero-order valence-electron chi connectivity index (χ0n) is 7.96. The second-order valence-electron chi connectivity index (χ2n) is 3.66. The van der Waals surface area contributed by atoms with Crippen LogP contribution in [0.4, 0.5) is 0 Å². The monoisotopic (exact) mass is 188 g/mol. The molecule has 4 N–H and O–H groups in total. The van der Waals surface area contributed by atoms with E-state index in [2.05, 4.69) is 5.32 Å². The lowest BCUT2D eigenvalue weighted by Gasteiger charge is -2.18. The van der Waals surface area contributed by atoms with E-state index >= 15 is 0 Å². The highest BCUT2D eigenvalue weighted by Crippen LogP contribution is 1.94. The molecular weight excluding hydrogens is 172 g/mol. The molecule has 5 heteroatoms. The highest BCUT2D eigenvalue weighted by Gasteiger charge is 2.12. The molecule has 0 saturated heterocycles. The Morgan fingerprint density at radius 2 is 1.92 bits per heavy atom. The van der Waals surface area contributed by atoms with Crippen molar-refractivity contribution < 1.29 is 14.7 Å². The Bertz CT molecular complexity index is 196. The molecule has 76 valence electrons. The Labute approximate surface area is 77.3 Å². The lowest BCUT2D eigenvalue weighted by atomic mass is 10.1. The van der Waals surface area contributed by atoms with Gasteiger partial charge in [0.05, 0.1) is 6.42 Å². The summed E-state index contributed by atoms with van der Waals surface area (Å²) in [6, 6.07) is 0. The Balaban J connectivity index is 3.58. The fraction of sp³-hybridized carbons (Fsp3) is 0.750. The van der Waals surface area contributed by atoms with Crippen LogP contribution >= 0.6 is 0 Å². The fourth-order valence-corrected chi connectivity index (χ4v) is 0.635. The van der Waals surface area contributed by atoms with E-state index in [1.165, 1.54) is 0 Å². The molecule has 0 saturated carbocycles. The van der Waals surface area contributed by atoms with Gasteiger partial charge in [0.15, 0.2) is 0 Å². The van der Waals surface area contributed by atoms with Crippen LogP contribution < -0.4 is 11.1 Å². The van der Waals surface area contributed by atoms with Crippen LogP contribution in [0.25, 0.3) is 0 Å². The van der Waals surface area contributed by atoms with Gasteiger partial charge in [-0.2, -0.15) is 0 Å². The van der Waals surface area contributed by atoms with Crippen molar-refractivity contribution in [2.75, 3.05) is 6.54 Å². The zero-order chi connectivity index (χ0) is 10.5. The molecule has 0 bridgehead atoms. The maximum absolute atomic E-state index is 11.0. The SMILES string of the molecule is CC(C)(N)CNC(=O)CCC(=O)O. The number of carbonyl (C=O) groups is 2. The number of aliphatic carboxylic acids is 1. The molecule has 0 heterocycles. The van der Waals surface area contributed by atoms with E-state index in [4.69, 9.17) is 10.8 Å². The summed E-state index contributed by atoms with van der Waals surface area (Å²) < 4.78 is 0. The van der Waals surface area contributed by atoms with E-state index in [1.807, 2.05) is 0 Å². The van der Waals surface area contributed by atoms with Crippen molar-refractivity contribution in [1.82, 2.24) is 5.32 Å². The minimum atomic E-state index is -0.970. The standard InChI is InChI=1S/C8H16N2O3/c1-8(2,9)5-10-6(11)3-4-7(12)13/h3-5,9H2,1-2H3,(H,10,11)(H,12,13). The summed E-state index contributed by atoms with van der Waals surface area (Å²) in [5.41, 5.74) is 5.15. The van der Waals surface area contributed by atoms with Gasteiger partial charge in [-0.25, -0.2) is 0 Å². The first-order valence-corrected chi connectivity index (χ1v) is 4.08. The normalized spacial score (nSPS) is 11.0. The highest BCUT2D eigenvalue weighted by atomic mass is 16.4. The molecule has 0 atom stereocenters. The number of carboxylic acids is 1. The topological polar surface area (TPSA) is 92.4 Å². The van der Waals surface area contributed by atoms with Crippen LogP contribution in [0.5, 0.6) is 0 Å². The minimum Gasteiger partial charge on any atom is -0.481 e. The number of carboxylic acid groups (broad SMARTS) is 1. The lowest BCUT2D eigenvalue weighted by molar-refractivity contribution is -0.138.